The lowest BCUT2D eigenvalue weighted by Gasteiger charge is -2.61. The van der Waals surface area contributed by atoms with Gasteiger partial charge in [-0.2, -0.15) is 0 Å². The van der Waals surface area contributed by atoms with Crippen molar-refractivity contribution in [3.05, 3.63) is 0 Å². The van der Waals surface area contributed by atoms with Crippen LogP contribution in [-0.2, 0) is 4.79 Å². The zero-order chi connectivity index (χ0) is 18.0. The van der Waals surface area contributed by atoms with Gasteiger partial charge in [0, 0.05) is 19.4 Å². The van der Waals surface area contributed by atoms with Crippen molar-refractivity contribution in [3.63, 3.8) is 0 Å². The summed E-state index contributed by atoms with van der Waals surface area (Å²) in [5.41, 5.74) is 0.526. The smallest absolute Gasteiger partial charge is 0.133 e. The number of Topliss-reactive ketones (excluding diaryl/α,β-unsaturated/α-hetero) is 1. The Morgan fingerprint density at radius 1 is 1.12 bits per heavy atom. The van der Waals surface area contributed by atoms with Crippen LogP contribution in [0.4, 0.5) is 0 Å². The molecule has 0 aromatic carbocycles. The highest BCUT2D eigenvalue weighted by Gasteiger charge is 2.62. The van der Waals surface area contributed by atoms with Crippen LogP contribution in [0, 0.1) is 46.3 Å². The lowest BCUT2D eigenvalue weighted by atomic mass is 9.44. The summed E-state index contributed by atoms with van der Waals surface area (Å²) in [6, 6.07) is 0. The van der Waals surface area contributed by atoms with Crippen molar-refractivity contribution >= 4 is 5.78 Å². The molecule has 0 bridgehead atoms. The van der Waals surface area contributed by atoms with E-state index >= 15 is 0 Å². The van der Waals surface area contributed by atoms with Crippen LogP contribution in [0.5, 0.6) is 0 Å². The van der Waals surface area contributed by atoms with Crippen molar-refractivity contribution in [3.8, 4) is 0 Å². The first-order chi connectivity index (χ1) is 11.8. The van der Waals surface area contributed by atoms with Gasteiger partial charge in [-0.25, -0.2) is 0 Å². The fourth-order valence-electron chi connectivity index (χ4n) is 8.12. The number of hydrogen-bond acceptors (Lipinski definition) is 3. The Morgan fingerprint density at radius 2 is 1.84 bits per heavy atom. The van der Waals surface area contributed by atoms with Gasteiger partial charge in [-0.3, -0.25) is 4.79 Å². The number of aliphatic hydroxyl groups excluding tert-OH is 2. The van der Waals surface area contributed by atoms with Gasteiger partial charge in [0.2, 0.25) is 0 Å². The molecule has 4 rings (SSSR count). The van der Waals surface area contributed by atoms with E-state index in [2.05, 4.69) is 20.8 Å². The molecule has 9 atom stereocenters. The van der Waals surface area contributed by atoms with Gasteiger partial charge in [-0.05, 0) is 84.9 Å². The van der Waals surface area contributed by atoms with Crippen LogP contribution in [-0.4, -0.2) is 28.7 Å². The fourth-order valence-corrected chi connectivity index (χ4v) is 8.12. The molecule has 0 aliphatic heterocycles. The first kappa shape index (κ1) is 18.0. The van der Waals surface area contributed by atoms with Crippen molar-refractivity contribution in [2.45, 2.75) is 78.2 Å². The van der Waals surface area contributed by atoms with Crippen LogP contribution in [0.2, 0.25) is 0 Å². The summed E-state index contributed by atoms with van der Waals surface area (Å²) in [6.45, 7) is 7.36. The van der Waals surface area contributed by atoms with Crippen LogP contribution in [0.1, 0.15) is 72.1 Å². The number of ketones is 1. The molecular weight excluding hydrogens is 312 g/mol. The molecule has 0 saturated heterocycles. The van der Waals surface area contributed by atoms with E-state index in [1.807, 2.05) is 0 Å². The van der Waals surface area contributed by atoms with Gasteiger partial charge in [0.1, 0.15) is 5.78 Å². The number of fused-ring (bicyclic) bond motifs is 5. The Morgan fingerprint density at radius 3 is 2.56 bits per heavy atom. The Bertz CT molecular complexity index is 545. The number of carbonyl (C=O) groups excluding carboxylic acids is 1. The second kappa shape index (κ2) is 6.05. The molecule has 2 N–H and O–H groups in total. The average molecular weight is 349 g/mol. The normalized spacial score (nSPS) is 53.7. The molecule has 4 saturated carbocycles. The molecule has 142 valence electrons. The topological polar surface area (TPSA) is 57.5 Å². The maximum atomic E-state index is 12.0. The zero-order valence-corrected chi connectivity index (χ0v) is 16.2. The standard InChI is InChI=1S/C22H36O3/c1-13(12-23)16-4-5-17-20-18(7-9-22(16,17)3)21(2)8-6-15(24)10-14(21)11-19(20)25/h13-14,16-20,23,25H,4-12H2,1-3H3/t13-,14-,16-,17?,18?,19-,20?,21+,22-/m1/s1. The van der Waals surface area contributed by atoms with Crippen molar-refractivity contribution < 1.29 is 15.0 Å². The van der Waals surface area contributed by atoms with Crippen molar-refractivity contribution in [2.24, 2.45) is 46.3 Å². The fraction of sp³-hybridized carbons (Fsp3) is 0.955. The summed E-state index contributed by atoms with van der Waals surface area (Å²) in [5.74, 6) is 3.33. The monoisotopic (exact) mass is 348 g/mol. The minimum absolute atomic E-state index is 0.234. The van der Waals surface area contributed by atoms with Gasteiger partial charge in [-0.1, -0.05) is 20.8 Å². The van der Waals surface area contributed by atoms with Crippen LogP contribution < -0.4 is 0 Å². The summed E-state index contributed by atoms with van der Waals surface area (Å²) in [5, 5.41) is 20.9. The number of aliphatic hydroxyl groups is 2. The van der Waals surface area contributed by atoms with Crippen molar-refractivity contribution in [2.75, 3.05) is 6.61 Å². The van der Waals surface area contributed by atoms with Crippen molar-refractivity contribution in [1.29, 1.82) is 0 Å². The van der Waals surface area contributed by atoms with Gasteiger partial charge < -0.3 is 10.2 Å². The van der Waals surface area contributed by atoms with Crippen LogP contribution in [0.25, 0.3) is 0 Å². The van der Waals surface area contributed by atoms with Crippen LogP contribution >= 0.6 is 0 Å². The zero-order valence-electron chi connectivity index (χ0n) is 16.2. The Kier molecular flexibility index (Phi) is 4.35. The van der Waals surface area contributed by atoms with Crippen LogP contribution in [0.3, 0.4) is 0 Å². The number of hydrogen-bond donors (Lipinski definition) is 2. The molecule has 3 nitrogen and oxygen atoms in total. The lowest BCUT2D eigenvalue weighted by Crippen LogP contribution is -2.58. The molecule has 4 aliphatic rings. The first-order valence-electron chi connectivity index (χ1n) is 10.6. The summed E-state index contributed by atoms with van der Waals surface area (Å²) < 4.78 is 0. The largest absolute Gasteiger partial charge is 0.396 e. The third-order valence-corrected chi connectivity index (χ3v) is 9.55. The molecule has 0 radical (unpaired) electrons. The van der Waals surface area contributed by atoms with Gasteiger partial charge in [0.15, 0.2) is 0 Å². The molecule has 3 unspecified atom stereocenters. The third-order valence-electron chi connectivity index (χ3n) is 9.55. The molecule has 25 heavy (non-hydrogen) atoms. The minimum atomic E-state index is -0.234. The quantitative estimate of drug-likeness (QED) is 0.798. The molecule has 4 aliphatic carbocycles. The van der Waals surface area contributed by atoms with E-state index in [0.29, 0.717) is 47.7 Å². The molecule has 0 heterocycles. The highest BCUT2D eigenvalue weighted by atomic mass is 16.3. The predicted molar refractivity (Wildman–Crippen MR) is 97.9 cm³/mol. The van der Waals surface area contributed by atoms with Gasteiger partial charge in [0.25, 0.3) is 0 Å². The highest BCUT2D eigenvalue weighted by molar-refractivity contribution is 5.79. The molecular formula is C22H36O3. The SMILES string of the molecule is C[C@H](CO)[C@H]1CCC2C3C(CC[C@@]21C)[C@@]1(C)CCC(=O)C[C@@H]1C[C@H]3O. The van der Waals surface area contributed by atoms with Crippen LogP contribution in [0.15, 0.2) is 0 Å². The molecule has 0 spiro atoms. The van der Waals surface area contributed by atoms with Gasteiger partial charge in [-0.15, -0.1) is 0 Å². The summed E-state index contributed by atoms with van der Waals surface area (Å²) in [7, 11) is 0. The molecule has 3 heteroatoms. The van der Waals surface area contributed by atoms with E-state index in [0.717, 1.165) is 19.3 Å². The second-order valence-corrected chi connectivity index (χ2v) is 10.4. The lowest BCUT2D eigenvalue weighted by molar-refractivity contribution is -0.169. The van der Waals surface area contributed by atoms with Gasteiger partial charge in [0.05, 0.1) is 6.10 Å². The van der Waals surface area contributed by atoms with E-state index < -0.39 is 0 Å². The molecule has 0 aromatic heterocycles. The second-order valence-electron chi connectivity index (χ2n) is 10.4. The van der Waals surface area contributed by atoms with E-state index in [9.17, 15) is 15.0 Å². The average Bonchev–Trinajstić information content (AvgIpc) is 2.93. The maximum Gasteiger partial charge on any atom is 0.133 e. The van der Waals surface area contributed by atoms with Gasteiger partial charge >= 0.3 is 0 Å². The van der Waals surface area contributed by atoms with Crippen molar-refractivity contribution in [1.82, 2.24) is 0 Å². The Hall–Kier alpha value is -0.410. The number of carbonyl (C=O) groups is 1. The third kappa shape index (κ3) is 2.48. The Labute approximate surface area is 152 Å². The van der Waals surface area contributed by atoms with E-state index in [1.165, 1.54) is 25.7 Å². The maximum absolute atomic E-state index is 12.0. The first-order valence-corrected chi connectivity index (χ1v) is 10.6. The van der Waals surface area contributed by atoms with E-state index in [-0.39, 0.29) is 23.5 Å². The molecule has 4 fully saturated rings. The van der Waals surface area contributed by atoms with E-state index in [1.54, 1.807) is 0 Å². The summed E-state index contributed by atoms with van der Waals surface area (Å²) >= 11 is 0. The highest BCUT2D eigenvalue weighted by Crippen LogP contribution is 2.67. The minimum Gasteiger partial charge on any atom is -0.396 e. The predicted octanol–water partition coefficient (Wildman–Crippen LogP) is 3.81. The summed E-state index contributed by atoms with van der Waals surface area (Å²) in [6.07, 6.45) is 7.92. The van der Waals surface area contributed by atoms with E-state index in [4.69, 9.17) is 0 Å². The summed E-state index contributed by atoms with van der Waals surface area (Å²) in [4.78, 5) is 12.0. The molecule has 0 aromatic rings. The Balaban J connectivity index is 1.64. The molecule has 0 amide bonds. The number of rotatable bonds is 2.